The number of hydrogen-bond donors (Lipinski definition) is 1. The highest BCUT2D eigenvalue weighted by Gasteiger charge is 2.33. The first kappa shape index (κ1) is 21.3. The Morgan fingerprint density at radius 3 is 2.43 bits per heavy atom. The van der Waals surface area contributed by atoms with Gasteiger partial charge in [-0.2, -0.15) is 13.2 Å². The number of urea groups is 1. The highest BCUT2D eigenvalue weighted by atomic mass is 19.4. The lowest BCUT2D eigenvalue weighted by Crippen LogP contribution is -2.37. The van der Waals surface area contributed by atoms with E-state index >= 15 is 0 Å². The number of carbonyl (C=O) groups excluding carboxylic acids is 2. The Morgan fingerprint density at radius 1 is 1.07 bits per heavy atom. The summed E-state index contributed by atoms with van der Waals surface area (Å²) in [4.78, 5) is 27.9. The van der Waals surface area contributed by atoms with Gasteiger partial charge < -0.3 is 19.7 Å². The van der Waals surface area contributed by atoms with E-state index in [1.54, 1.807) is 24.3 Å². The molecule has 1 aliphatic rings. The van der Waals surface area contributed by atoms with E-state index in [0.29, 0.717) is 18.0 Å². The van der Waals surface area contributed by atoms with Crippen LogP contribution in [0.4, 0.5) is 29.3 Å². The first-order valence-electron chi connectivity index (χ1n) is 8.99. The molecule has 3 amide bonds. The van der Waals surface area contributed by atoms with Gasteiger partial charge in [0.2, 0.25) is 5.91 Å². The van der Waals surface area contributed by atoms with Crippen LogP contribution >= 0.6 is 0 Å². The molecule has 10 heteroatoms. The van der Waals surface area contributed by atoms with Crippen molar-refractivity contribution in [1.29, 1.82) is 0 Å². The average Bonchev–Trinajstić information content (AvgIpc) is 3.07. The van der Waals surface area contributed by atoms with E-state index in [1.165, 1.54) is 24.0 Å². The Labute approximate surface area is 171 Å². The molecule has 0 radical (unpaired) electrons. The van der Waals surface area contributed by atoms with Crippen LogP contribution in [0.3, 0.4) is 0 Å². The molecule has 0 aromatic heterocycles. The Kier molecular flexibility index (Phi) is 6.04. The van der Waals surface area contributed by atoms with Gasteiger partial charge in [0.25, 0.3) is 0 Å². The fourth-order valence-electron chi connectivity index (χ4n) is 3.15. The van der Waals surface area contributed by atoms with Crippen LogP contribution in [-0.4, -0.2) is 50.7 Å². The molecule has 0 atom stereocenters. The summed E-state index contributed by atoms with van der Waals surface area (Å²) in [5.74, 6) is -0.0338. The van der Waals surface area contributed by atoms with E-state index in [-0.39, 0.29) is 24.5 Å². The quantitative estimate of drug-likeness (QED) is 0.771. The third-order valence-electron chi connectivity index (χ3n) is 4.61. The third-order valence-corrected chi connectivity index (χ3v) is 4.61. The van der Waals surface area contributed by atoms with E-state index in [9.17, 15) is 22.8 Å². The van der Waals surface area contributed by atoms with Gasteiger partial charge in [0.05, 0.1) is 31.2 Å². The number of rotatable bonds is 6. The van der Waals surface area contributed by atoms with Crippen molar-refractivity contribution >= 4 is 23.3 Å². The second-order valence-corrected chi connectivity index (χ2v) is 6.49. The molecule has 1 N–H and O–H groups in total. The second kappa shape index (κ2) is 8.52. The number of halogens is 3. The van der Waals surface area contributed by atoms with Crippen LogP contribution in [-0.2, 0) is 11.0 Å². The molecular weight excluding hydrogens is 403 g/mol. The molecule has 1 heterocycles. The fraction of sp³-hybridized carbons (Fsp3) is 0.300. The summed E-state index contributed by atoms with van der Waals surface area (Å²) in [7, 11) is 2.78. The van der Waals surface area contributed by atoms with Gasteiger partial charge >= 0.3 is 12.2 Å². The summed E-state index contributed by atoms with van der Waals surface area (Å²) in [6, 6.07) is 9.38. The van der Waals surface area contributed by atoms with E-state index in [2.05, 4.69) is 5.32 Å². The van der Waals surface area contributed by atoms with E-state index < -0.39 is 23.7 Å². The number of ether oxygens (including phenoxy) is 2. The molecule has 0 saturated carbocycles. The molecule has 0 spiro atoms. The highest BCUT2D eigenvalue weighted by molar-refractivity contribution is 6.00. The average molecular weight is 423 g/mol. The fourth-order valence-corrected chi connectivity index (χ4v) is 3.15. The number of para-hydroxylation sites is 2. The maximum absolute atomic E-state index is 13.0. The van der Waals surface area contributed by atoms with E-state index in [0.717, 1.165) is 18.2 Å². The largest absolute Gasteiger partial charge is 0.495 e. The Balaban J connectivity index is 1.71. The minimum atomic E-state index is -4.56. The van der Waals surface area contributed by atoms with Crippen molar-refractivity contribution in [2.75, 3.05) is 44.1 Å². The Hall–Kier alpha value is -3.43. The molecule has 7 nitrogen and oxygen atoms in total. The molecule has 2 aromatic carbocycles. The van der Waals surface area contributed by atoms with Crippen molar-refractivity contribution in [3.05, 3.63) is 48.0 Å². The molecule has 0 aliphatic carbocycles. The number of methoxy groups -OCH3 is 2. The normalized spacial score (nSPS) is 14.1. The molecule has 1 aliphatic heterocycles. The summed E-state index contributed by atoms with van der Waals surface area (Å²) in [5.41, 5.74) is -0.462. The van der Waals surface area contributed by atoms with Crippen LogP contribution in [0, 0.1) is 0 Å². The number of anilines is 2. The summed E-state index contributed by atoms with van der Waals surface area (Å²) >= 11 is 0. The first-order chi connectivity index (χ1) is 14.2. The zero-order chi connectivity index (χ0) is 21.9. The number of hydrogen-bond acceptors (Lipinski definition) is 4. The first-order valence-corrected chi connectivity index (χ1v) is 8.99. The number of nitrogens with one attached hydrogen (secondary N) is 1. The van der Waals surface area contributed by atoms with Gasteiger partial charge in [-0.25, -0.2) is 4.79 Å². The van der Waals surface area contributed by atoms with Crippen molar-refractivity contribution in [2.24, 2.45) is 0 Å². The lowest BCUT2D eigenvalue weighted by Gasteiger charge is -2.20. The number of nitrogens with zero attached hydrogens (tertiary/aromatic N) is 2. The monoisotopic (exact) mass is 423 g/mol. The van der Waals surface area contributed by atoms with Crippen LogP contribution in [0.5, 0.6) is 11.5 Å². The van der Waals surface area contributed by atoms with Gasteiger partial charge in [0, 0.05) is 13.1 Å². The summed E-state index contributed by atoms with van der Waals surface area (Å²) in [6.45, 7) is 0.313. The second-order valence-electron chi connectivity index (χ2n) is 6.49. The van der Waals surface area contributed by atoms with Crippen LogP contribution in [0.2, 0.25) is 0 Å². The Bertz CT molecular complexity index is 949. The topological polar surface area (TPSA) is 71.1 Å². The summed E-state index contributed by atoms with van der Waals surface area (Å²) < 4.78 is 49.2. The molecule has 30 heavy (non-hydrogen) atoms. The maximum Gasteiger partial charge on any atom is 0.416 e. The van der Waals surface area contributed by atoms with Gasteiger partial charge in [-0.1, -0.05) is 12.1 Å². The van der Waals surface area contributed by atoms with Crippen LogP contribution in [0.1, 0.15) is 5.56 Å². The van der Waals surface area contributed by atoms with Crippen LogP contribution < -0.4 is 19.7 Å². The molecule has 3 rings (SSSR count). The third kappa shape index (κ3) is 4.42. The molecule has 160 valence electrons. The van der Waals surface area contributed by atoms with Gasteiger partial charge in [-0.05, 0) is 30.3 Å². The van der Waals surface area contributed by atoms with Crippen molar-refractivity contribution in [2.45, 2.75) is 6.18 Å². The molecule has 0 bridgehead atoms. The maximum atomic E-state index is 13.0. The van der Waals surface area contributed by atoms with Crippen LogP contribution in [0.15, 0.2) is 42.5 Å². The SMILES string of the molecule is COc1ccc(C(F)(F)F)cc1NC(=O)CN1CCN(c2ccccc2OC)C1=O. The number of benzene rings is 2. The predicted octanol–water partition coefficient (Wildman–Crippen LogP) is 3.60. The predicted molar refractivity (Wildman–Crippen MR) is 104 cm³/mol. The molecule has 0 unspecified atom stereocenters. The minimum Gasteiger partial charge on any atom is -0.495 e. The molecule has 1 fully saturated rings. The molecular formula is C20H20F3N3O4. The smallest absolute Gasteiger partial charge is 0.416 e. The van der Waals surface area contributed by atoms with E-state index in [4.69, 9.17) is 9.47 Å². The van der Waals surface area contributed by atoms with Crippen molar-refractivity contribution in [3.63, 3.8) is 0 Å². The number of carbonyl (C=O) groups is 2. The standard InChI is InChI=1S/C20H20F3N3O4/c1-29-16-8-7-13(20(21,22)23)11-14(16)24-18(27)12-25-9-10-26(19(25)28)15-5-3-4-6-17(15)30-2/h3-8,11H,9-10,12H2,1-2H3,(H,24,27). The summed E-state index contributed by atoms with van der Waals surface area (Å²) in [5, 5.41) is 2.40. The van der Waals surface area contributed by atoms with Crippen molar-refractivity contribution < 1.29 is 32.2 Å². The van der Waals surface area contributed by atoms with E-state index in [1.807, 2.05) is 0 Å². The number of alkyl halides is 3. The van der Waals surface area contributed by atoms with Crippen molar-refractivity contribution in [3.8, 4) is 11.5 Å². The van der Waals surface area contributed by atoms with Gasteiger partial charge in [-0.3, -0.25) is 9.69 Å². The minimum absolute atomic E-state index is 0.0831. The molecule has 1 saturated heterocycles. The van der Waals surface area contributed by atoms with Crippen LogP contribution in [0.25, 0.3) is 0 Å². The van der Waals surface area contributed by atoms with Crippen molar-refractivity contribution in [1.82, 2.24) is 4.90 Å². The van der Waals surface area contributed by atoms with Gasteiger partial charge in [-0.15, -0.1) is 0 Å². The lowest BCUT2D eigenvalue weighted by atomic mass is 10.1. The zero-order valence-corrected chi connectivity index (χ0v) is 16.3. The van der Waals surface area contributed by atoms with Gasteiger partial charge in [0.15, 0.2) is 0 Å². The Morgan fingerprint density at radius 2 is 1.77 bits per heavy atom. The lowest BCUT2D eigenvalue weighted by molar-refractivity contribution is -0.137. The molecule has 2 aromatic rings. The number of amides is 3. The summed E-state index contributed by atoms with van der Waals surface area (Å²) in [6.07, 6.45) is -4.56. The highest BCUT2D eigenvalue weighted by Crippen LogP contribution is 2.35. The van der Waals surface area contributed by atoms with Gasteiger partial charge in [0.1, 0.15) is 18.0 Å². The zero-order valence-electron chi connectivity index (χ0n) is 16.3.